The van der Waals surface area contributed by atoms with Crippen LogP contribution in [-0.2, 0) is 14.4 Å². The van der Waals surface area contributed by atoms with E-state index in [0.29, 0.717) is 5.75 Å². The van der Waals surface area contributed by atoms with Crippen molar-refractivity contribution in [2.45, 2.75) is 65.3 Å². The molecule has 2 aromatic rings. The zero-order chi connectivity index (χ0) is 25.5. The van der Waals surface area contributed by atoms with Gasteiger partial charge in [0.15, 0.2) is 0 Å². The van der Waals surface area contributed by atoms with Crippen molar-refractivity contribution in [3.63, 3.8) is 0 Å². The summed E-state index contributed by atoms with van der Waals surface area (Å²) in [7, 11) is 0. The minimum Gasteiger partial charge on any atom is -0.491 e. The molecule has 4 atom stereocenters. The highest BCUT2D eigenvalue weighted by atomic mass is 32.1. The van der Waals surface area contributed by atoms with Crippen molar-refractivity contribution < 1.29 is 24.2 Å². The number of ether oxygens (including phenoxy) is 1. The third-order valence-electron chi connectivity index (χ3n) is 6.44. The highest BCUT2D eigenvalue weighted by molar-refractivity contribution is 7.13. The van der Waals surface area contributed by atoms with E-state index in [4.69, 9.17) is 4.74 Å². The lowest BCUT2D eigenvalue weighted by atomic mass is 9.85. The highest BCUT2D eigenvalue weighted by Crippen LogP contribution is 2.38. The summed E-state index contributed by atoms with van der Waals surface area (Å²) >= 11 is 1.56. The van der Waals surface area contributed by atoms with E-state index < -0.39 is 23.6 Å². The minimum absolute atomic E-state index is 0.0401. The van der Waals surface area contributed by atoms with Crippen molar-refractivity contribution in [3.8, 4) is 16.2 Å². The van der Waals surface area contributed by atoms with Crippen molar-refractivity contribution >= 4 is 29.1 Å². The predicted octanol–water partition coefficient (Wildman–Crippen LogP) is 2.18. The molecule has 0 spiro atoms. The number of benzene rings is 1. The molecule has 1 fully saturated rings. The van der Waals surface area contributed by atoms with E-state index in [1.54, 1.807) is 16.8 Å². The third-order valence-corrected chi connectivity index (χ3v) is 7.42. The van der Waals surface area contributed by atoms with Crippen molar-refractivity contribution in [3.05, 3.63) is 35.0 Å². The number of rotatable bonds is 5. The summed E-state index contributed by atoms with van der Waals surface area (Å²) in [4.78, 5) is 45.2. The van der Waals surface area contributed by atoms with Gasteiger partial charge in [-0.15, -0.1) is 11.3 Å². The van der Waals surface area contributed by atoms with Crippen LogP contribution < -0.4 is 15.4 Å². The zero-order valence-corrected chi connectivity index (χ0v) is 21.4. The average molecular weight is 501 g/mol. The number of β-amino-alcohol motifs (C(OH)–C–C–N with tert-alkyl or cyclic N) is 1. The summed E-state index contributed by atoms with van der Waals surface area (Å²) in [6, 6.07) is 3.88. The molecule has 4 rings (SSSR count). The van der Waals surface area contributed by atoms with Crippen molar-refractivity contribution in [1.82, 2.24) is 20.5 Å². The SMILES string of the molecule is CC(=O)N[C@H](C(=O)N1C[C@H](O)C[C@H]1C(=O)N[C@H]1COc2cc(-c3scnc3C)ccc21)C(C)(C)C. The fourth-order valence-corrected chi connectivity index (χ4v) is 5.44. The fraction of sp³-hybridized carbons (Fsp3) is 0.520. The Bertz CT molecular complexity index is 1140. The van der Waals surface area contributed by atoms with E-state index >= 15 is 0 Å². The second-order valence-corrected chi connectivity index (χ2v) is 11.1. The summed E-state index contributed by atoms with van der Waals surface area (Å²) in [5.74, 6) is -0.351. The molecule has 0 radical (unpaired) electrons. The summed E-state index contributed by atoms with van der Waals surface area (Å²) < 4.78 is 5.87. The van der Waals surface area contributed by atoms with Gasteiger partial charge in [0, 0.05) is 25.5 Å². The molecule has 2 aliphatic rings. The molecule has 0 saturated carbocycles. The number of nitrogens with zero attached hydrogens (tertiary/aromatic N) is 2. The number of fused-ring (bicyclic) bond motifs is 1. The Kier molecular flexibility index (Phi) is 6.88. The van der Waals surface area contributed by atoms with Gasteiger partial charge in [-0.1, -0.05) is 32.9 Å². The Balaban J connectivity index is 1.50. The first kappa shape index (κ1) is 25.1. The number of aliphatic hydroxyl groups is 1. The largest absolute Gasteiger partial charge is 0.491 e. The molecule has 3 heterocycles. The van der Waals surface area contributed by atoms with Crippen molar-refractivity contribution in [2.75, 3.05) is 13.2 Å². The number of thiazole rings is 1. The molecule has 0 aliphatic carbocycles. The van der Waals surface area contributed by atoms with Crippen LogP contribution in [0.1, 0.15) is 51.4 Å². The lowest BCUT2D eigenvalue weighted by Gasteiger charge is -2.35. The molecular formula is C25H32N4O5S. The van der Waals surface area contributed by atoms with Gasteiger partial charge in [-0.3, -0.25) is 14.4 Å². The number of carbonyl (C=O) groups excluding carboxylic acids is 3. The van der Waals surface area contributed by atoms with Gasteiger partial charge in [0.25, 0.3) is 0 Å². The Morgan fingerprint density at radius 2 is 2.03 bits per heavy atom. The summed E-state index contributed by atoms with van der Waals surface area (Å²) in [6.45, 7) is 9.19. The number of likely N-dealkylation sites (tertiary alicyclic amines) is 1. The number of aryl methyl sites for hydroxylation is 1. The third kappa shape index (κ3) is 5.18. The number of aromatic nitrogens is 1. The summed E-state index contributed by atoms with van der Waals surface area (Å²) in [5.41, 5.74) is 4.07. The van der Waals surface area contributed by atoms with Crippen LogP contribution in [0.2, 0.25) is 0 Å². The van der Waals surface area contributed by atoms with E-state index in [0.717, 1.165) is 21.7 Å². The van der Waals surface area contributed by atoms with E-state index in [1.807, 2.05) is 45.9 Å². The molecule has 3 N–H and O–H groups in total. The molecule has 0 bridgehead atoms. The van der Waals surface area contributed by atoms with Crippen molar-refractivity contribution in [2.24, 2.45) is 5.41 Å². The standard InChI is InChI=1S/C25H32N4O5S/c1-13-21(35-12-26-13)15-6-7-17-18(11-34-20(17)8-15)28-23(32)19-9-16(31)10-29(19)24(33)22(25(3,4)5)27-14(2)30/h6-8,12,16,18-19,22,31H,9-11H2,1-5H3,(H,27,30)(H,28,32)/t16-,18+,19+,22-/m1/s1. The molecule has 35 heavy (non-hydrogen) atoms. The van der Waals surface area contributed by atoms with Crippen LogP contribution in [0.15, 0.2) is 23.7 Å². The molecule has 9 nitrogen and oxygen atoms in total. The highest BCUT2D eigenvalue weighted by Gasteiger charge is 2.45. The molecule has 0 unspecified atom stereocenters. The molecule has 1 aromatic carbocycles. The topological polar surface area (TPSA) is 121 Å². The number of amides is 3. The number of nitrogens with one attached hydrogen (secondary N) is 2. The zero-order valence-electron chi connectivity index (χ0n) is 20.6. The van der Waals surface area contributed by atoms with Crippen LogP contribution in [0.4, 0.5) is 0 Å². The van der Waals surface area contributed by atoms with E-state index in [-0.39, 0.29) is 43.3 Å². The number of carbonyl (C=O) groups is 3. The quantitative estimate of drug-likeness (QED) is 0.579. The maximum atomic E-state index is 13.4. The maximum Gasteiger partial charge on any atom is 0.246 e. The van der Waals surface area contributed by atoms with Crippen LogP contribution in [0.3, 0.4) is 0 Å². The Morgan fingerprint density at radius 3 is 2.66 bits per heavy atom. The Labute approximate surface area is 208 Å². The molecule has 1 aromatic heterocycles. The van der Waals surface area contributed by atoms with E-state index in [9.17, 15) is 19.5 Å². The second-order valence-electron chi connectivity index (χ2n) is 10.3. The second kappa shape index (κ2) is 9.58. The predicted molar refractivity (Wildman–Crippen MR) is 132 cm³/mol. The fourth-order valence-electron chi connectivity index (χ4n) is 4.64. The van der Waals surface area contributed by atoms with Crippen LogP contribution in [0, 0.1) is 12.3 Å². The van der Waals surface area contributed by atoms with Crippen molar-refractivity contribution in [1.29, 1.82) is 0 Å². The van der Waals surface area contributed by atoms with Crippen LogP contribution >= 0.6 is 11.3 Å². The first-order valence-electron chi connectivity index (χ1n) is 11.7. The van der Waals surface area contributed by atoms with Crippen LogP contribution in [-0.4, -0.2) is 64.1 Å². The molecule has 2 aliphatic heterocycles. The number of hydrogen-bond donors (Lipinski definition) is 3. The molecule has 10 heteroatoms. The Morgan fingerprint density at radius 1 is 1.29 bits per heavy atom. The summed E-state index contributed by atoms with van der Waals surface area (Å²) in [5, 5.41) is 16.0. The average Bonchev–Trinajstić information content (AvgIpc) is 3.49. The number of aliphatic hydroxyl groups excluding tert-OH is 1. The first-order valence-corrected chi connectivity index (χ1v) is 12.6. The molecule has 1 saturated heterocycles. The van der Waals surface area contributed by atoms with Gasteiger partial charge >= 0.3 is 0 Å². The van der Waals surface area contributed by atoms with E-state index in [2.05, 4.69) is 15.6 Å². The van der Waals surface area contributed by atoms with Crippen LogP contribution in [0.25, 0.3) is 10.4 Å². The Hall–Kier alpha value is -2.98. The molecule has 188 valence electrons. The van der Waals surface area contributed by atoms with Gasteiger partial charge in [-0.2, -0.15) is 0 Å². The van der Waals surface area contributed by atoms with E-state index in [1.165, 1.54) is 11.8 Å². The molecule has 3 amide bonds. The lowest BCUT2D eigenvalue weighted by Crippen LogP contribution is -2.57. The van der Waals surface area contributed by atoms with Gasteiger partial charge in [-0.05, 0) is 24.0 Å². The van der Waals surface area contributed by atoms with Gasteiger partial charge < -0.3 is 25.4 Å². The first-order chi connectivity index (χ1) is 16.5. The normalized spacial score (nSPS) is 22.3. The van der Waals surface area contributed by atoms with Gasteiger partial charge in [0.05, 0.1) is 28.2 Å². The summed E-state index contributed by atoms with van der Waals surface area (Å²) in [6.07, 6.45) is -0.677. The monoisotopic (exact) mass is 500 g/mol. The van der Waals surface area contributed by atoms with Gasteiger partial charge in [-0.25, -0.2) is 4.98 Å². The molecular weight excluding hydrogens is 468 g/mol. The van der Waals surface area contributed by atoms with Gasteiger partial charge in [0.2, 0.25) is 17.7 Å². The minimum atomic E-state index is -0.834. The van der Waals surface area contributed by atoms with Crippen LogP contribution in [0.5, 0.6) is 5.75 Å². The maximum absolute atomic E-state index is 13.4. The number of hydrogen-bond acceptors (Lipinski definition) is 7. The smallest absolute Gasteiger partial charge is 0.246 e. The van der Waals surface area contributed by atoms with Gasteiger partial charge in [0.1, 0.15) is 24.4 Å². The lowest BCUT2D eigenvalue weighted by molar-refractivity contribution is -0.144.